The maximum Gasteiger partial charge on any atom is 0.254 e. The summed E-state index contributed by atoms with van der Waals surface area (Å²) < 4.78 is 5.62. The molecule has 1 aliphatic rings. The number of ether oxygens (including phenoxy) is 1. The average molecular weight is 296 g/mol. The summed E-state index contributed by atoms with van der Waals surface area (Å²) in [6.45, 7) is 4.07. The molecule has 0 N–H and O–H groups in total. The highest BCUT2D eigenvalue weighted by Crippen LogP contribution is 2.23. The predicted molar refractivity (Wildman–Crippen MR) is 84.7 cm³/mol. The van der Waals surface area contributed by atoms with Gasteiger partial charge in [-0.25, -0.2) is 0 Å². The molecular formula is C18H20N2O2. The molecule has 1 amide bonds. The van der Waals surface area contributed by atoms with Crippen molar-refractivity contribution in [1.82, 2.24) is 9.88 Å². The van der Waals surface area contributed by atoms with Crippen LogP contribution in [-0.4, -0.2) is 22.4 Å². The summed E-state index contributed by atoms with van der Waals surface area (Å²) in [6, 6.07) is 11.3. The lowest BCUT2D eigenvalue weighted by Crippen LogP contribution is -2.25. The largest absolute Gasteiger partial charge is 0.494 e. The van der Waals surface area contributed by atoms with Crippen molar-refractivity contribution in [2.45, 2.75) is 32.9 Å². The van der Waals surface area contributed by atoms with E-state index in [4.69, 9.17) is 4.74 Å². The van der Waals surface area contributed by atoms with Crippen LogP contribution in [0.15, 0.2) is 42.6 Å². The summed E-state index contributed by atoms with van der Waals surface area (Å²) in [7, 11) is 0. The Morgan fingerprint density at radius 3 is 2.77 bits per heavy atom. The van der Waals surface area contributed by atoms with E-state index in [2.05, 4.69) is 11.9 Å². The van der Waals surface area contributed by atoms with Crippen molar-refractivity contribution in [2.75, 3.05) is 6.61 Å². The molecule has 0 saturated carbocycles. The van der Waals surface area contributed by atoms with Gasteiger partial charge in [-0.05, 0) is 42.3 Å². The van der Waals surface area contributed by atoms with Crippen LogP contribution in [0.5, 0.6) is 5.75 Å². The Bertz CT molecular complexity index is 627. The summed E-state index contributed by atoms with van der Waals surface area (Å²) in [5.74, 6) is 0.856. The van der Waals surface area contributed by atoms with Gasteiger partial charge >= 0.3 is 0 Å². The van der Waals surface area contributed by atoms with Gasteiger partial charge < -0.3 is 9.64 Å². The molecule has 3 rings (SSSR count). The van der Waals surface area contributed by atoms with Crippen molar-refractivity contribution in [3.05, 3.63) is 59.4 Å². The highest BCUT2D eigenvalue weighted by atomic mass is 16.5. The minimum atomic E-state index is 0.0399. The third-order valence-electron chi connectivity index (χ3n) is 3.84. The zero-order chi connectivity index (χ0) is 15.4. The normalized spacial score (nSPS) is 13.0. The molecule has 1 aliphatic heterocycles. The van der Waals surface area contributed by atoms with Crippen LogP contribution in [0.3, 0.4) is 0 Å². The topological polar surface area (TPSA) is 42.4 Å². The molecule has 0 aliphatic carbocycles. The number of unbranched alkanes of at least 4 members (excludes halogenated alkanes) is 1. The molecule has 2 heterocycles. The number of benzene rings is 1. The van der Waals surface area contributed by atoms with Crippen LogP contribution >= 0.6 is 0 Å². The van der Waals surface area contributed by atoms with Gasteiger partial charge in [-0.15, -0.1) is 0 Å². The smallest absolute Gasteiger partial charge is 0.254 e. The van der Waals surface area contributed by atoms with E-state index in [-0.39, 0.29) is 5.91 Å². The number of pyridine rings is 1. The second kappa shape index (κ2) is 6.60. The molecule has 4 nitrogen and oxygen atoms in total. The molecule has 0 unspecified atom stereocenters. The second-order valence-corrected chi connectivity index (χ2v) is 5.50. The minimum absolute atomic E-state index is 0.0399. The Morgan fingerprint density at radius 1 is 1.23 bits per heavy atom. The summed E-state index contributed by atoms with van der Waals surface area (Å²) in [5.41, 5.74) is 2.82. The summed E-state index contributed by atoms with van der Waals surface area (Å²) in [6.07, 6.45) is 3.93. The monoisotopic (exact) mass is 296 g/mol. The van der Waals surface area contributed by atoms with Crippen LogP contribution < -0.4 is 4.74 Å². The quantitative estimate of drug-likeness (QED) is 0.794. The number of hydrogen-bond acceptors (Lipinski definition) is 3. The number of fused-ring (bicyclic) bond motifs is 1. The van der Waals surface area contributed by atoms with Crippen LogP contribution in [0.4, 0.5) is 0 Å². The molecule has 0 atom stereocenters. The molecule has 1 aromatic carbocycles. The first-order valence-corrected chi connectivity index (χ1v) is 7.73. The van der Waals surface area contributed by atoms with Gasteiger partial charge in [0.1, 0.15) is 5.75 Å². The van der Waals surface area contributed by atoms with E-state index < -0.39 is 0 Å². The van der Waals surface area contributed by atoms with Crippen LogP contribution in [0.25, 0.3) is 0 Å². The number of carbonyl (C=O) groups is 1. The van der Waals surface area contributed by atoms with Crippen molar-refractivity contribution >= 4 is 5.91 Å². The third kappa shape index (κ3) is 3.11. The molecule has 4 heteroatoms. The first-order valence-electron chi connectivity index (χ1n) is 7.73. The summed E-state index contributed by atoms with van der Waals surface area (Å²) in [4.78, 5) is 18.7. The molecule has 0 fully saturated rings. The van der Waals surface area contributed by atoms with Gasteiger partial charge in [0.15, 0.2) is 0 Å². The molecule has 22 heavy (non-hydrogen) atoms. The number of carbonyl (C=O) groups excluding carboxylic acids is 1. The fraction of sp³-hybridized carbons (Fsp3) is 0.333. The molecule has 2 aromatic rings. The number of rotatable bonds is 5. The number of hydrogen-bond donors (Lipinski definition) is 0. The lowest BCUT2D eigenvalue weighted by Gasteiger charge is -2.15. The Morgan fingerprint density at radius 2 is 2.05 bits per heavy atom. The maximum atomic E-state index is 12.5. The second-order valence-electron chi connectivity index (χ2n) is 5.50. The molecule has 114 valence electrons. The zero-order valence-corrected chi connectivity index (χ0v) is 12.8. The highest BCUT2D eigenvalue weighted by molar-refractivity contribution is 5.94. The lowest BCUT2D eigenvalue weighted by molar-refractivity contribution is 0.0750. The Balaban J connectivity index is 1.64. The maximum absolute atomic E-state index is 12.5. The van der Waals surface area contributed by atoms with Crippen molar-refractivity contribution in [3.8, 4) is 5.75 Å². The highest BCUT2D eigenvalue weighted by Gasteiger charge is 2.24. The number of amides is 1. The van der Waals surface area contributed by atoms with Crippen LogP contribution in [0.1, 0.15) is 41.4 Å². The van der Waals surface area contributed by atoms with E-state index in [1.165, 1.54) is 0 Å². The third-order valence-corrected chi connectivity index (χ3v) is 3.84. The molecule has 0 radical (unpaired) electrons. The number of nitrogens with zero attached hydrogens (tertiary/aromatic N) is 2. The van der Waals surface area contributed by atoms with E-state index in [0.717, 1.165) is 36.5 Å². The van der Waals surface area contributed by atoms with Crippen molar-refractivity contribution in [3.63, 3.8) is 0 Å². The first-order chi connectivity index (χ1) is 10.8. The van der Waals surface area contributed by atoms with Gasteiger partial charge in [0, 0.05) is 18.3 Å². The summed E-state index contributed by atoms with van der Waals surface area (Å²) >= 11 is 0. The molecular weight excluding hydrogens is 276 g/mol. The predicted octanol–water partition coefficient (Wildman–Crippen LogP) is 3.42. The van der Waals surface area contributed by atoms with Gasteiger partial charge in [0.25, 0.3) is 5.91 Å². The van der Waals surface area contributed by atoms with E-state index in [1.807, 2.05) is 41.3 Å². The van der Waals surface area contributed by atoms with Gasteiger partial charge in [0.2, 0.25) is 0 Å². The Kier molecular flexibility index (Phi) is 4.37. The van der Waals surface area contributed by atoms with Gasteiger partial charge in [-0.3, -0.25) is 9.78 Å². The van der Waals surface area contributed by atoms with E-state index in [0.29, 0.717) is 18.7 Å². The van der Waals surface area contributed by atoms with Crippen molar-refractivity contribution in [1.29, 1.82) is 0 Å². The van der Waals surface area contributed by atoms with Crippen LogP contribution in [0, 0.1) is 0 Å². The average Bonchev–Trinajstić information content (AvgIpc) is 2.99. The van der Waals surface area contributed by atoms with Crippen molar-refractivity contribution < 1.29 is 9.53 Å². The number of aromatic nitrogens is 1. The van der Waals surface area contributed by atoms with E-state index in [1.54, 1.807) is 6.20 Å². The minimum Gasteiger partial charge on any atom is -0.494 e. The molecule has 0 spiro atoms. The molecule has 1 aromatic heterocycles. The standard InChI is InChI=1S/C18H20N2O2/c1-2-3-11-22-16-8-6-14(7-9-16)18(21)20-12-15-5-4-10-19-17(15)13-20/h4-10H,2-3,11-13H2,1H3. The summed E-state index contributed by atoms with van der Waals surface area (Å²) in [5, 5.41) is 0. The molecule has 0 bridgehead atoms. The van der Waals surface area contributed by atoms with E-state index >= 15 is 0 Å². The van der Waals surface area contributed by atoms with Crippen LogP contribution in [0.2, 0.25) is 0 Å². The zero-order valence-electron chi connectivity index (χ0n) is 12.8. The Labute approximate surface area is 130 Å². The van der Waals surface area contributed by atoms with E-state index in [9.17, 15) is 4.79 Å². The van der Waals surface area contributed by atoms with Crippen LogP contribution in [-0.2, 0) is 13.1 Å². The van der Waals surface area contributed by atoms with Gasteiger partial charge in [-0.2, -0.15) is 0 Å². The van der Waals surface area contributed by atoms with Gasteiger partial charge in [-0.1, -0.05) is 19.4 Å². The van der Waals surface area contributed by atoms with Crippen molar-refractivity contribution in [2.24, 2.45) is 0 Å². The fourth-order valence-corrected chi connectivity index (χ4v) is 2.55. The SMILES string of the molecule is CCCCOc1ccc(C(=O)N2Cc3cccnc3C2)cc1. The van der Waals surface area contributed by atoms with Gasteiger partial charge in [0.05, 0.1) is 18.8 Å². The molecule has 0 saturated heterocycles. The fourth-order valence-electron chi connectivity index (χ4n) is 2.55. The Hall–Kier alpha value is -2.36. The lowest BCUT2D eigenvalue weighted by atomic mass is 10.2. The first kappa shape index (κ1) is 14.6.